The second kappa shape index (κ2) is 12.1. The zero-order valence-electron chi connectivity index (χ0n) is 31.0. The fourth-order valence-electron chi connectivity index (χ4n) is 9.74. The molecule has 0 N–H and O–H groups in total. The first-order chi connectivity index (χ1) is 27.1. The minimum Gasteiger partial charge on any atom is -0.0622 e. The Morgan fingerprint density at radius 2 is 0.873 bits per heavy atom. The van der Waals surface area contributed by atoms with Crippen LogP contribution in [0.25, 0.3) is 98.7 Å². The molecule has 0 heterocycles. The van der Waals surface area contributed by atoms with E-state index in [9.17, 15) is 0 Å². The Balaban J connectivity index is 1.11. The van der Waals surface area contributed by atoms with Crippen LogP contribution in [0.1, 0.15) is 25.0 Å². The molecule has 258 valence electrons. The molecule has 0 spiro atoms. The Labute approximate surface area is 322 Å². The summed E-state index contributed by atoms with van der Waals surface area (Å²) in [6.45, 7) is 4.78. The topological polar surface area (TPSA) is 0 Å². The van der Waals surface area contributed by atoms with E-state index in [0.29, 0.717) is 0 Å². The maximum Gasteiger partial charge on any atom is 0.0165 e. The van der Waals surface area contributed by atoms with Gasteiger partial charge in [-0.3, -0.25) is 0 Å². The van der Waals surface area contributed by atoms with Crippen LogP contribution in [0.15, 0.2) is 194 Å². The molecule has 0 heteroatoms. The van der Waals surface area contributed by atoms with Gasteiger partial charge in [-0.15, -0.1) is 0 Å². The van der Waals surface area contributed by atoms with Gasteiger partial charge < -0.3 is 0 Å². The van der Waals surface area contributed by atoms with Crippen molar-refractivity contribution in [2.24, 2.45) is 0 Å². The van der Waals surface area contributed by atoms with Crippen LogP contribution in [0.5, 0.6) is 0 Å². The van der Waals surface area contributed by atoms with Crippen LogP contribution in [-0.2, 0) is 5.41 Å². The van der Waals surface area contributed by atoms with Crippen molar-refractivity contribution in [2.75, 3.05) is 0 Å². The third-order valence-corrected chi connectivity index (χ3v) is 12.2. The summed E-state index contributed by atoms with van der Waals surface area (Å²) in [5, 5.41) is 10.3. The van der Waals surface area contributed by atoms with Crippen molar-refractivity contribution in [1.29, 1.82) is 0 Å². The number of fused-ring (bicyclic) bond motifs is 9. The summed E-state index contributed by atoms with van der Waals surface area (Å²) < 4.78 is 0. The fourth-order valence-corrected chi connectivity index (χ4v) is 9.74. The normalized spacial score (nSPS) is 13.1. The van der Waals surface area contributed by atoms with Gasteiger partial charge in [0.05, 0.1) is 0 Å². The lowest BCUT2D eigenvalue weighted by molar-refractivity contribution is 0.666. The van der Waals surface area contributed by atoms with Gasteiger partial charge in [-0.2, -0.15) is 0 Å². The fraction of sp³-hybridized carbons (Fsp3) is 0.0545. The zero-order valence-corrected chi connectivity index (χ0v) is 31.0. The Kier molecular flexibility index (Phi) is 7.00. The molecule has 0 atom stereocenters. The highest BCUT2D eigenvalue weighted by Crippen LogP contribution is 2.53. The summed E-state index contributed by atoms with van der Waals surface area (Å²) in [6, 6.07) is 72.1. The summed E-state index contributed by atoms with van der Waals surface area (Å²) in [6.07, 6.45) is 0. The first-order valence-electron chi connectivity index (χ1n) is 19.4. The van der Waals surface area contributed by atoms with E-state index in [1.54, 1.807) is 0 Å². The van der Waals surface area contributed by atoms with E-state index >= 15 is 0 Å². The van der Waals surface area contributed by atoms with E-state index < -0.39 is 0 Å². The molecule has 0 unspecified atom stereocenters. The lowest BCUT2D eigenvalue weighted by Gasteiger charge is -2.23. The van der Waals surface area contributed by atoms with E-state index in [1.807, 2.05) is 0 Å². The summed E-state index contributed by atoms with van der Waals surface area (Å²) in [4.78, 5) is 0. The van der Waals surface area contributed by atoms with Crippen molar-refractivity contribution >= 4 is 43.1 Å². The molecular formula is C55H38. The lowest BCUT2D eigenvalue weighted by Crippen LogP contribution is -2.15. The van der Waals surface area contributed by atoms with Gasteiger partial charge in [-0.05, 0) is 122 Å². The third-order valence-electron chi connectivity index (χ3n) is 12.2. The van der Waals surface area contributed by atoms with E-state index in [-0.39, 0.29) is 5.41 Å². The minimum absolute atomic E-state index is 0.107. The maximum atomic E-state index is 2.45. The maximum absolute atomic E-state index is 2.45. The molecule has 0 aliphatic heterocycles. The molecule has 0 amide bonds. The predicted octanol–water partition coefficient (Wildman–Crippen LogP) is 15.3. The van der Waals surface area contributed by atoms with E-state index in [2.05, 4.69) is 208 Å². The number of hydrogen-bond donors (Lipinski definition) is 0. The van der Waals surface area contributed by atoms with E-state index in [4.69, 9.17) is 0 Å². The van der Waals surface area contributed by atoms with Gasteiger partial charge in [0.2, 0.25) is 0 Å². The molecule has 1 aliphatic carbocycles. The second-order valence-corrected chi connectivity index (χ2v) is 15.6. The zero-order chi connectivity index (χ0) is 36.7. The number of rotatable bonds is 4. The molecule has 11 rings (SSSR count). The monoisotopic (exact) mass is 698 g/mol. The highest BCUT2D eigenvalue weighted by Gasteiger charge is 2.37. The van der Waals surface area contributed by atoms with Crippen molar-refractivity contribution in [3.63, 3.8) is 0 Å². The first-order valence-corrected chi connectivity index (χ1v) is 19.4. The van der Waals surface area contributed by atoms with Crippen molar-refractivity contribution in [1.82, 2.24) is 0 Å². The molecule has 1 aliphatic rings. The molecule has 0 aromatic heterocycles. The standard InChI is InChI=1S/C55H38/c1-55(2)50-34-39(29-30-44(50)48-31-27-36-16-7-9-23-43(36)54(48)55)38-19-14-20-40(33-38)41-21-10-11-24-45(41)52-47-26-13-12-25-46(47)51(37-17-4-3-5-18-37)53-42-22-8-6-15-35(42)28-32-49(52)53/h3-34H,1-2H3. The summed E-state index contributed by atoms with van der Waals surface area (Å²) >= 11 is 0. The van der Waals surface area contributed by atoms with Gasteiger partial charge in [0.15, 0.2) is 0 Å². The van der Waals surface area contributed by atoms with Gasteiger partial charge in [0.1, 0.15) is 0 Å². The smallest absolute Gasteiger partial charge is 0.0165 e. The van der Waals surface area contributed by atoms with Crippen molar-refractivity contribution < 1.29 is 0 Å². The minimum atomic E-state index is -0.107. The average molecular weight is 699 g/mol. The van der Waals surface area contributed by atoms with Gasteiger partial charge in [-0.1, -0.05) is 196 Å². The predicted molar refractivity (Wildman–Crippen MR) is 236 cm³/mol. The van der Waals surface area contributed by atoms with Gasteiger partial charge in [0, 0.05) is 5.41 Å². The van der Waals surface area contributed by atoms with Crippen LogP contribution in [0.3, 0.4) is 0 Å². The molecule has 0 bridgehead atoms. The van der Waals surface area contributed by atoms with Crippen LogP contribution < -0.4 is 0 Å². The quantitative estimate of drug-likeness (QED) is 0.127. The highest BCUT2D eigenvalue weighted by molar-refractivity contribution is 6.28. The second-order valence-electron chi connectivity index (χ2n) is 15.6. The molecule has 0 saturated carbocycles. The Morgan fingerprint density at radius 3 is 1.67 bits per heavy atom. The van der Waals surface area contributed by atoms with E-state index in [1.165, 1.54) is 110 Å². The van der Waals surface area contributed by atoms with Crippen molar-refractivity contribution in [2.45, 2.75) is 19.3 Å². The Bertz CT molecular complexity index is 3160. The molecule has 0 saturated heterocycles. The SMILES string of the molecule is CC1(C)c2cc(-c3cccc(-c4ccccc4-c4c5ccccc5c(-c5ccccc5)c5c4ccc4ccccc45)c3)ccc2-c2ccc3ccccc3c21. The molecule has 0 nitrogen and oxygen atoms in total. The van der Waals surface area contributed by atoms with E-state index in [0.717, 1.165) is 0 Å². The largest absolute Gasteiger partial charge is 0.0622 e. The van der Waals surface area contributed by atoms with Crippen LogP contribution in [0, 0.1) is 0 Å². The Hall–Kier alpha value is -6.76. The molecule has 10 aromatic rings. The van der Waals surface area contributed by atoms with Crippen LogP contribution in [-0.4, -0.2) is 0 Å². The molecule has 0 radical (unpaired) electrons. The summed E-state index contributed by atoms with van der Waals surface area (Å²) in [7, 11) is 0. The van der Waals surface area contributed by atoms with Gasteiger partial charge in [-0.25, -0.2) is 0 Å². The number of benzene rings is 10. The van der Waals surface area contributed by atoms with Crippen LogP contribution >= 0.6 is 0 Å². The highest BCUT2D eigenvalue weighted by atomic mass is 14.4. The Morgan fingerprint density at radius 1 is 0.309 bits per heavy atom. The van der Waals surface area contributed by atoms with Crippen molar-refractivity contribution in [3.8, 4) is 55.6 Å². The summed E-state index contributed by atoms with van der Waals surface area (Å²) in [5.74, 6) is 0. The number of hydrogen-bond acceptors (Lipinski definition) is 0. The molecule has 55 heavy (non-hydrogen) atoms. The lowest BCUT2D eigenvalue weighted by atomic mass is 9.79. The summed E-state index contributed by atoms with van der Waals surface area (Å²) in [5.41, 5.74) is 15.4. The van der Waals surface area contributed by atoms with Crippen LogP contribution in [0.4, 0.5) is 0 Å². The van der Waals surface area contributed by atoms with Crippen molar-refractivity contribution in [3.05, 3.63) is 205 Å². The average Bonchev–Trinajstić information content (AvgIpc) is 3.48. The van der Waals surface area contributed by atoms with Gasteiger partial charge >= 0.3 is 0 Å². The first kappa shape index (κ1) is 31.7. The molecule has 10 aromatic carbocycles. The van der Waals surface area contributed by atoms with Gasteiger partial charge in [0.25, 0.3) is 0 Å². The molecular weight excluding hydrogens is 661 g/mol. The molecule has 0 fully saturated rings. The van der Waals surface area contributed by atoms with Crippen LogP contribution in [0.2, 0.25) is 0 Å². The third kappa shape index (κ3) is 4.78.